The maximum Gasteiger partial charge on any atom is 0.356 e. The van der Waals surface area contributed by atoms with Gasteiger partial charge in [0.15, 0.2) is 5.69 Å². The van der Waals surface area contributed by atoms with Crippen LogP contribution in [0.25, 0.3) is 11.3 Å². The molecule has 0 aliphatic carbocycles. The van der Waals surface area contributed by atoms with Crippen LogP contribution in [0.4, 0.5) is 5.69 Å². The average Bonchev–Trinajstić information content (AvgIpc) is 2.41. The Morgan fingerprint density at radius 3 is 2.55 bits per heavy atom. The van der Waals surface area contributed by atoms with Crippen LogP contribution in [0.15, 0.2) is 24.3 Å². The molecule has 5 N–H and O–H groups in total. The van der Waals surface area contributed by atoms with E-state index in [4.69, 9.17) is 39.8 Å². The Hall–Kier alpha value is -1.82. The minimum absolute atomic E-state index is 0.0871. The Morgan fingerprint density at radius 2 is 2.00 bits per heavy atom. The van der Waals surface area contributed by atoms with Crippen LogP contribution < -0.4 is 11.5 Å². The van der Waals surface area contributed by atoms with Gasteiger partial charge in [0.1, 0.15) is 0 Å². The Morgan fingerprint density at radius 1 is 1.30 bits per heavy atom. The molecule has 0 amide bonds. The van der Waals surface area contributed by atoms with Crippen LogP contribution >= 0.6 is 23.2 Å². The van der Waals surface area contributed by atoms with Crippen LogP contribution in [0.5, 0.6) is 0 Å². The number of pyridine rings is 1. The van der Waals surface area contributed by atoms with E-state index < -0.39 is 5.97 Å². The highest BCUT2D eigenvalue weighted by molar-refractivity contribution is 6.36. The largest absolute Gasteiger partial charge is 0.476 e. The number of carboxylic acids is 1. The van der Waals surface area contributed by atoms with Crippen LogP contribution in [0.3, 0.4) is 0 Å². The predicted octanol–water partition coefficient (Wildman–Crippen LogP) is 2.79. The van der Waals surface area contributed by atoms with Crippen LogP contribution in [0, 0.1) is 0 Å². The molecule has 1 aromatic heterocycles. The maximum atomic E-state index is 11.1. The summed E-state index contributed by atoms with van der Waals surface area (Å²) in [6.45, 7) is 0.358. The van der Waals surface area contributed by atoms with Crippen molar-refractivity contribution in [2.45, 2.75) is 6.54 Å². The second-order valence-electron chi connectivity index (χ2n) is 4.08. The molecule has 0 atom stereocenters. The maximum absolute atomic E-state index is 11.1. The monoisotopic (exact) mass is 311 g/mol. The molecule has 20 heavy (non-hydrogen) atoms. The fraction of sp³-hybridized carbons (Fsp3) is 0.0769. The van der Waals surface area contributed by atoms with Crippen molar-refractivity contribution in [1.82, 2.24) is 4.98 Å². The van der Waals surface area contributed by atoms with Crippen molar-refractivity contribution < 1.29 is 9.90 Å². The molecule has 1 heterocycles. The Bertz CT molecular complexity index is 690. The average molecular weight is 312 g/mol. The lowest BCUT2D eigenvalue weighted by atomic mass is 10.1. The van der Waals surface area contributed by atoms with Gasteiger partial charge in [-0.3, -0.25) is 0 Å². The third-order valence-electron chi connectivity index (χ3n) is 2.73. The van der Waals surface area contributed by atoms with Gasteiger partial charge in [-0.15, -0.1) is 0 Å². The first-order valence-electron chi connectivity index (χ1n) is 5.62. The summed E-state index contributed by atoms with van der Waals surface area (Å²) < 4.78 is 0. The molecule has 7 heteroatoms. The number of nitrogens with zero attached hydrogens (tertiary/aromatic N) is 1. The fourth-order valence-electron chi connectivity index (χ4n) is 1.72. The number of halogens is 2. The highest BCUT2D eigenvalue weighted by Crippen LogP contribution is 2.32. The predicted molar refractivity (Wildman–Crippen MR) is 79.0 cm³/mol. The first kappa shape index (κ1) is 14.6. The molecule has 0 bridgehead atoms. The summed E-state index contributed by atoms with van der Waals surface area (Å²) in [6.07, 6.45) is 0. The second-order valence-corrected chi connectivity index (χ2v) is 4.87. The molecule has 104 valence electrons. The number of nitrogens with two attached hydrogens (primary N) is 2. The quantitative estimate of drug-likeness (QED) is 0.809. The fourth-order valence-corrected chi connectivity index (χ4v) is 2.20. The molecule has 2 rings (SSSR count). The van der Waals surface area contributed by atoms with Crippen LogP contribution in [0.2, 0.25) is 10.0 Å². The molecule has 0 unspecified atom stereocenters. The van der Waals surface area contributed by atoms with Crippen molar-refractivity contribution in [3.63, 3.8) is 0 Å². The third kappa shape index (κ3) is 2.70. The van der Waals surface area contributed by atoms with E-state index >= 15 is 0 Å². The molecule has 1 aromatic carbocycles. The minimum atomic E-state index is -1.25. The van der Waals surface area contributed by atoms with Crippen molar-refractivity contribution in [1.29, 1.82) is 0 Å². The smallest absolute Gasteiger partial charge is 0.356 e. The van der Waals surface area contributed by atoms with Gasteiger partial charge in [0.05, 0.1) is 21.4 Å². The molecule has 2 aromatic rings. The van der Waals surface area contributed by atoms with E-state index in [0.29, 0.717) is 22.8 Å². The zero-order valence-corrected chi connectivity index (χ0v) is 11.7. The van der Waals surface area contributed by atoms with Crippen molar-refractivity contribution in [2.24, 2.45) is 5.73 Å². The van der Waals surface area contributed by atoms with Gasteiger partial charge in [0.2, 0.25) is 0 Å². The topological polar surface area (TPSA) is 102 Å². The molecular formula is C13H11Cl2N3O2. The second kappa shape index (κ2) is 5.66. The standard InChI is InChI=1S/C13H11Cl2N3O2/c14-8-3-6(5-16)1-2-7(8)10-4-9(17)11(15)12(18-10)13(19)20/h1-4H,5,16H2,(H2,17,18)(H,19,20). The lowest BCUT2D eigenvalue weighted by molar-refractivity contribution is 0.0691. The van der Waals surface area contributed by atoms with Gasteiger partial charge in [-0.05, 0) is 17.7 Å². The van der Waals surface area contributed by atoms with Crippen molar-refractivity contribution in [2.75, 3.05) is 5.73 Å². The zero-order valence-electron chi connectivity index (χ0n) is 10.2. The number of nitrogen functional groups attached to an aromatic ring is 1. The first-order chi connectivity index (χ1) is 9.43. The van der Waals surface area contributed by atoms with E-state index in [2.05, 4.69) is 4.98 Å². The summed E-state index contributed by atoms with van der Waals surface area (Å²) in [4.78, 5) is 15.1. The molecule has 0 fully saturated rings. The summed E-state index contributed by atoms with van der Waals surface area (Å²) in [5, 5.41) is 9.39. The van der Waals surface area contributed by atoms with E-state index in [9.17, 15) is 4.79 Å². The van der Waals surface area contributed by atoms with Gasteiger partial charge < -0.3 is 16.6 Å². The van der Waals surface area contributed by atoms with Gasteiger partial charge in [-0.1, -0.05) is 35.3 Å². The van der Waals surface area contributed by atoms with E-state index in [1.165, 1.54) is 6.07 Å². The van der Waals surface area contributed by atoms with Crippen molar-refractivity contribution in [3.05, 3.63) is 45.6 Å². The van der Waals surface area contributed by atoms with E-state index in [0.717, 1.165) is 5.56 Å². The summed E-state index contributed by atoms with van der Waals surface area (Å²) in [7, 11) is 0. The van der Waals surface area contributed by atoms with Gasteiger partial charge in [-0.2, -0.15) is 0 Å². The number of hydrogen-bond acceptors (Lipinski definition) is 4. The number of aromatic carboxylic acids is 1. The number of anilines is 1. The molecule has 0 radical (unpaired) electrons. The molecule has 0 aliphatic heterocycles. The zero-order chi connectivity index (χ0) is 14.9. The van der Waals surface area contributed by atoms with E-state index in [1.54, 1.807) is 18.2 Å². The van der Waals surface area contributed by atoms with Crippen molar-refractivity contribution >= 4 is 34.9 Å². The van der Waals surface area contributed by atoms with Gasteiger partial charge in [-0.25, -0.2) is 9.78 Å². The van der Waals surface area contributed by atoms with Crippen molar-refractivity contribution in [3.8, 4) is 11.3 Å². The van der Waals surface area contributed by atoms with E-state index in [1.807, 2.05) is 0 Å². The number of benzene rings is 1. The summed E-state index contributed by atoms with van der Waals surface area (Å²) in [6, 6.07) is 6.68. The number of carbonyl (C=O) groups is 1. The summed E-state index contributed by atoms with van der Waals surface area (Å²) in [5.74, 6) is -1.25. The Balaban J connectivity index is 2.61. The molecule has 0 spiro atoms. The molecular weight excluding hydrogens is 301 g/mol. The Kier molecular flexibility index (Phi) is 4.13. The van der Waals surface area contributed by atoms with Gasteiger partial charge >= 0.3 is 5.97 Å². The number of rotatable bonds is 3. The molecule has 0 saturated carbocycles. The number of hydrogen-bond donors (Lipinski definition) is 3. The van der Waals surface area contributed by atoms with Crippen LogP contribution in [-0.2, 0) is 6.54 Å². The molecule has 0 aliphatic rings. The minimum Gasteiger partial charge on any atom is -0.476 e. The van der Waals surface area contributed by atoms with E-state index in [-0.39, 0.29) is 16.4 Å². The number of aromatic nitrogens is 1. The normalized spacial score (nSPS) is 10.6. The molecule has 5 nitrogen and oxygen atoms in total. The summed E-state index contributed by atoms with van der Waals surface area (Å²) in [5.41, 5.74) is 12.8. The molecule has 0 saturated heterocycles. The highest BCUT2D eigenvalue weighted by Gasteiger charge is 2.17. The Labute approximate surface area is 125 Å². The van der Waals surface area contributed by atoms with Crippen LogP contribution in [0.1, 0.15) is 16.1 Å². The highest BCUT2D eigenvalue weighted by atomic mass is 35.5. The third-order valence-corrected chi connectivity index (χ3v) is 3.44. The number of carboxylic acid groups (broad SMARTS) is 1. The first-order valence-corrected chi connectivity index (χ1v) is 6.37. The van der Waals surface area contributed by atoms with Gasteiger partial charge in [0.25, 0.3) is 0 Å². The lowest BCUT2D eigenvalue weighted by Gasteiger charge is -2.09. The summed E-state index contributed by atoms with van der Waals surface area (Å²) >= 11 is 12.0. The SMILES string of the molecule is NCc1ccc(-c2cc(N)c(Cl)c(C(=O)O)n2)c(Cl)c1. The van der Waals surface area contributed by atoms with Gasteiger partial charge in [0, 0.05) is 12.1 Å². The lowest BCUT2D eigenvalue weighted by Crippen LogP contribution is -2.05. The van der Waals surface area contributed by atoms with Crippen LogP contribution in [-0.4, -0.2) is 16.1 Å².